The third kappa shape index (κ3) is 2.55. The molecule has 1 saturated heterocycles. The van der Waals surface area contributed by atoms with Crippen LogP contribution in [0.4, 0.5) is 0 Å². The second-order valence-electron chi connectivity index (χ2n) is 5.88. The first-order valence-corrected chi connectivity index (χ1v) is 8.89. The van der Waals surface area contributed by atoms with Gasteiger partial charge in [-0.2, -0.15) is 0 Å². The van der Waals surface area contributed by atoms with Crippen LogP contribution < -0.4 is 0 Å². The van der Waals surface area contributed by atoms with Crippen molar-refractivity contribution in [2.75, 3.05) is 19.3 Å². The minimum absolute atomic E-state index is 0.318. The van der Waals surface area contributed by atoms with Crippen molar-refractivity contribution >= 4 is 21.7 Å². The van der Waals surface area contributed by atoms with Gasteiger partial charge in [-0.05, 0) is 25.7 Å². The third-order valence-corrected chi connectivity index (χ3v) is 6.64. The number of hydrogen-bond donors (Lipinski definition) is 1. The van der Waals surface area contributed by atoms with Crippen LogP contribution in [0.2, 0.25) is 0 Å². The number of amides is 1. The Hall–Kier alpha value is -1.11. The SMILES string of the molecule is CS(=O)(=O)C1(C(=O)N2CCC(C(=O)O)CC2)CCCC1. The highest BCUT2D eigenvalue weighted by Gasteiger charge is 2.52. The van der Waals surface area contributed by atoms with E-state index in [1.54, 1.807) is 4.90 Å². The van der Waals surface area contributed by atoms with Crippen LogP contribution >= 0.6 is 0 Å². The maximum absolute atomic E-state index is 12.6. The van der Waals surface area contributed by atoms with Gasteiger partial charge in [-0.25, -0.2) is 8.42 Å². The summed E-state index contributed by atoms with van der Waals surface area (Å²) in [6.07, 6.45) is 4.24. The summed E-state index contributed by atoms with van der Waals surface area (Å²) in [6, 6.07) is 0. The molecule has 0 radical (unpaired) electrons. The fourth-order valence-corrected chi connectivity index (χ4v) is 4.78. The van der Waals surface area contributed by atoms with Crippen molar-refractivity contribution in [3.8, 4) is 0 Å². The van der Waals surface area contributed by atoms with E-state index in [0.29, 0.717) is 38.8 Å². The molecule has 2 fully saturated rings. The molecule has 0 unspecified atom stereocenters. The average molecular weight is 303 g/mol. The monoisotopic (exact) mass is 303 g/mol. The molecule has 1 heterocycles. The van der Waals surface area contributed by atoms with E-state index in [4.69, 9.17) is 5.11 Å². The maximum atomic E-state index is 12.6. The van der Waals surface area contributed by atoms with Gasteiger partial charge in [0, 0.05) is 19.3 Å². The number of carbonyl (C=O) groups excluding carboxylic acids is 1. The molecule has 0 aromatic heterocycles. The van der Waals surface area contributed by atoms with Crippen molar-refractivity contribution in [1.82, 2.24) is 4.90 Å². The van der Waals surface area contributed by atoms with E-state index in [9.17, 15) is 18.0 Å². The molecular weight excluding hydrogens is 282 g/mol. The van der Waals surface area contributed by atoms with Crippen LogP contribution in [0.1, 0.15) is 38.5 Å². The Morgan fingerprint density at radius 1 is 1.15 bits per heavy atom. The zero-order valence-electron chi connectivity index (χ0n) is 11.7. The number of hydrogen-bond acceptors (Lipinski definition) is 4. The zero-order chi connectivity index (χ0) is 15.0. The van der Waals surface area contributed by atoms with Crippen LogP contribution in [-0.2, 0) is 19.4 Å². The predicted octanol–water partition coefficient (Wildman–Crippen LogP) is 0.667. The van der Waals surface area contributed by atoms with E-state index >= 15 is 0 Å². The molecular formula is C13H21NO5S. The number of carboxylic acids is 1. The molecule has 2 rings (SSSR count). The largest absolute Gasteiger partial charge is 0.481 e. The molecule has 20 heavy (non-hydrogen) atoms. The van der Waals surface area contributed by atoms with Gasteiger partial charge < -0.3 is 10.0 Å². The topological polar surface area (TPSA) is 91.8 Å². The fourth-order valence-electron chi connectivity index (χ4n) is 3.31. The summed E-state index contributed by atoms with van der Waals surface area (Å²) >= 11 is 0. The smallest absolute Gasteiger partial charge is 0.306 e. The molecule has 1 amide bonds. The lowest BCUT2D eigenvalue weighted by molar-refractivity contribution is -0.146. The molecule has 2 aliphatic rings. The number of likely N-dealkylation sites (tertiary alicyclic amines) is 1. The molecule has 114 valence electrons. The van der Waals surface area contributed by atoms with E-state index < -0.39 is 26.5 Å². The summed E-state index contributed by atoms with van der Waals surface area (Å²) in [4.78, 5) is 25.1. The molecule has 1 saturated carbocycles. The molecule has 0 atom stereocenters. The zero-order valence-corrected chi connectivity index (χ0v) is 12.5. The Morgan fingerprint density at radius 3 is 2.05 bits per heavy atom. The van der Waals surface area contributed by atoms with Crippen molar-refractivity contribution in [1.29, 1.82) is 0 Å². The maximum Gasteiger partial charge on any atom is 0.306 e. The van der Waals surface area contributed by atoms with Gasteiger partial charge in [-0.1, -0.05) is 12.8 Å². The highest BCUT2D eigenvalue weighted by Crippen LogP contribution is 2.38. The van der Waals surface area contributed by atoms with Gasteiger partial charge in [0.25, 0.3) is 0 Å². The summed E-state index contributed by atoms with van der Waals surface area (Å²) in [5.74, 6) is -1.58. The third-order valence-electron chi connectivity index (χ3n) is 4.64. The highest BCUT2D eigenvalue weighted by molar-refractivity contribution is 7.92. The average Bonchev–Trinajstić information content (AvgIpc) is 2.88. The lowest BCUT2D eigenvalue weighted by atomic mass is 9.95. The van der Waals surface area contributed by atoms with E-state index in [1.807, 2.05) is 0 Å². The molecule has 6 nitrogen and oxygen atoms in total. The van der Waals surface area contributed by atoms with Crippen LogP contribution in [0.3, 0.4) is 0 Å². The summed E-state index contributed by atoms with van der Waals surface area (Å²) < 4.78 is 22.9. The van der Waals surface area contributed by atoms with E-state index in [1.165, 1.54) is 0 Å². The lowest BCUT2D eigenvalue weighted by Crippen LogP contribution is -2.54. The number of nitrogens with zero attached hydrogens (tertiary/aromatic N) is 1. The Balaban J connectivity index is 2.13. The fraction of sp³-hybridized carbons (Fsp3) is 0.846. The number of rotatable bonds is 3. The highest BCUT2D eigenvalue weighted by atomic mass is 32.2. The molecule has 0 spiro atoms. The van der Waals surface area contributed by atoms with Crippen LogP contribution in [-0.4, -0.2) is 54.4 Å². The number of piperidine rings is 1. The minimum Gasteiger partial charge on any atom is -0.481 e. The van der Waals surface area contributed by atoms with Crippen LogP contribution in [0.25, 0.3) is 0 Å². The van der Waals surface area contributed by atoms with Gasteiger partial charge in [0.15, 0.2) is 14.6 Å². The van der Waals surface area contributed by atoms with Gasteiger partial charge in [-0.15, -0.1) is 0 Å². The second-order valence-corrected chi connectivity index (χ2v) is 8.20. The lowest BCUT2D eigenvalue weighted by Gasteiger charge is -2.36. The van der Waals surface area contributed by atoms with Gasteiger partial charge >= 0.3 is 5.97 Å². The standard InChI is InChI=1S/C13H21NO5S/c1-20(18,19)13(6-2-3-7-13)12(17)14-8-4-10(5-9-14)11(15)16/h10H,2-9H2,1H3,(H,15,16). The second kappa shape index (κ2) is 5.35. The van der Waals surface area contributed by atoms with E-state index in [-0.39, 0.29) is 5.91 Å². The Morgan fingerprint density at radius 2 is 1.65 bits per heavy atom. The van der Waals surface area contributed by atoms with Gasteiger partial charge in [0.2, 0.25) is 5.91 Å². The minimum atomic E-state index is -3.45. The molecule has 7 heteroatoms. The summed E-state index contributed by atoms with van der Waals surface area (Å²) in [7, 11) is -3.45. The number of aliphatic carboxylic acids is 1. The van der Waals surface area contributed by atoms with Crippen molar-refractivity contribution in [2.45, 2.75) is 43.3 Å². The van der Waals surface area contributed by atoms with Crippen molar-refractivity contribution < 1.29 is 23.1 Å². The van der Waals surface area contributed by atoms with Crippen molar-refractivity contribution in [3.63, 3.8) is 0 Å². The first-order valence-electron chi connectivity index (χ1n) is 7.00. The first kappa shape index (κ1) is 15.3. The Bertz CT molecular complexity index is 499. The van der Waals surface area contributed by atoms with Crippen molar-refractivity contribution in [2.24, 2.45) is 5.92 Å². The van der Waals surface area contributed by atoms with E-state index in [0.717, 1.165) is 19.1 Å². The summed E-state index contributed by atoms with van der Waals surface area (Å²) in [5.41, 5.74) is 0. The van der Waals surface area contributed by atoms with Crippen LogP contribution in [0.5, 0.6) is 0 Å². The number of carboxylic acid groups (broad SMARTS) is 1. The van der Waals surface area contributed by atoms with Crippen molar-refractivity contribution in [3.05, 3.63) is 0 Å². The van der Waals surface area contributed by atoms with Gasteiger partial charge in [0.1, 0.15) is 0 Å². The molecule has 0 bridgehead atoms. The van der Waals surface area contributed by atoms with Gasteiger partial charge in [-0.3, -0.25) is 9.59 Å². The van der Waals surface area contributed by atoms with Gasteiger partial charge in [0.05, 0.1) is 5.92 Å². The van der Waals surface area contributed by atoms with Crippen LogP contribution in [0, 0.1) is 5.92 Å². The molecule has 1 aliphatic carbocycles. The summed E-state index contributed by atoms with van der Waals surface area (Å²) in [6.45, 7) is 0.681. The normalized spacial score (nSPS) is 23.8. The molecule has 0 aromatic rings. The van der Waals surface area contributed by atoms with Crippen LogP contribution in [0.15, 0.2) is 0 Å². The summed E-state index contributed by atoms with van der Waals surface area (Å²) in [5, 5.41) is 8.96. The van der Waals surface area contributed by atoms with E-state index in [2.05, 4.69) is 0 Å². The Kier molecular flexibility index (Phi) is 4.09. The number of carbonyl (C=O) groups is 2. The quantitative estimate of drug-likeness (QED) is 0.827. The molecule has 0 aromatic carbocycles. The molecule has 1 aliphatic heterocycles. The predicted molar refractivity (Wildman–Crippen MR) is 73.0 cm³/mol. The first-order chi connectivity index (χ1) is 9.28. The number of sulfone groups is 1. The Labute approximate surface area is 119 Å². The molecule has 1 N–H and O–H groups in total.